The molecule has 1 aliphatic rings. The number of fused-ring (bicyclic) bond motifs is 1. The predicted molar refractivity (Wildman–Crippen MR) is 103 cm³/mol. The zero-order valence-electron chi connectivity index (χ0n) is 15.5. The van der Waals surface area contributed by atoms with Gasteiger partial charge in [-0.1, -0.05) is 11.6 Å². The summed E-state index contributed by atoms with van der Waals surface area (Å²) in [6.45, 7) is 4.90. The van der Waals surface area contributed by atoms with Crippen molar-refractivity contribution in [2.45, 2.75) is 38.6 Å². The number of halogens is 1. The van der Waals surface area contributed by atoms with Gasteiger partial charge in [0.1, 0.15) is 5.69 Å². The number of rotatable bonds is 4. The Morgan fingerprint density at radius 2 is 2.04 bits per heavy atom. The summed E-state index contributed by atoms with van der Waals surface area (Å²) in [4.78, 5) is 4.35. The smallest absolute Gasteiger partial charge is 0.154 e. The molecule has 138 valence electrons. The SMILES string of the molecule is CCn1nc(C2CC2c2cn(C)nc2Cl)cc1-c1ccc2ncc(C)n2n1. The maximum absolute atomic E-state index is 6.28. The Bertz CT molecular complexity index is 1150. The lowest BCUT2D eigenvalue weighted by atomic mass is 10.1. The van der Waals surface area contributed by atoms with Gasteiger partial charge in [-0.05, 0) is 44.4 Å². The van der Waals surface area contributed by atoms with Crippen LogP contribution in [0.15, 0.2) is 30.6 Å². The Morgan fingerprint density at radius 1 is 1.19 bits per heavy atom. The molecule has 1 saturated carbocycles. The quantitative estimate of drug-likeness (QED) is 0.542. The first-order chi connectivity index (χ1) is 13.0. The molecule has 5 rings (SSSR count). The fraction of sp³-hybridized carbons (Fsp3) is 0.368. The van der Waals surface area contributed by atoms with Crippen LogP contribution in [0.3, 0.4) is 0 Å². The van der Waals surface area contributed by atoms with E-state index in [1.54, 1.807) is 4.68 Å². The second kappa shape index (κ2) is 5.92. The molecule has 0 radical (unpaired) electrons. The van der Waals surface area contributed by atoms with Crippen molar-refractivity contribution in [2.24, 2.45) is 7.05 Å². The van der Waals surface area contributed by atoms with E-state index in [9.17, 15) is 0 Å². The molecule has 2 unspecified atom stereocenters. The Kier molecular flexibility index (Phi) is 3.62. The summed E-state index contributed by atoms with van der Waals surface area (Å²) in [7, 11) is 1.90. The first kappa shape index (κ1) is 16.5. The monoisotopic (exact) mass is 381 g/mol. The van der Waals surface area contributed by atoms with Crippen LogP contribution in [0.5, 0.6) is 0 Å². The van der Waals surface area contributed by atoms with Crippen LogP contribution in [0.2, 0.25) is 5.15 Å². The van der Waals surface area contributed by atoms with Crippen molar-refractivity contribution in [2.75, 3.05) is 0 Å². The van der Waals surface area contributed by atoms with E-state index in [1.807, 2.05) is 47.7 Å². The van der Waals surface area contributed by atoms with Crippen LogP contribution in [-0.2, 0) is 13.6 Å². The third kappa shape index (κ3) is 2.65. The normalized spacial score (nSPS) is 19.1. The highest BCUT2D eigenvalue weighted by molar-refractivity contribution is 6.30. The summed E-state index contributed by atoms with van der Waals surface area (Å²) >= 11 is 6.28. The van der Waals surface area contributed by atoms with Gasteiger partial charge in [0.15, 0.2) is 10.8 Å². The van der Waals surface area contributed by atoms with E-state index in [0.717, 1.165) is 47.0 Å². The van der Waals surface area contributed by atoms with Crippen LogP contribution in [0.25, 0.3) is 17.0 Å². The lowest BCUT2D eigenvalue weighted by Gasteiger charge is -2.04. The summed E-state index contributed by atoms with van der Waals surface area (Å²) in [6.07, 6.45) is 4.90. The van der Waals surface area contributed by atoms with Crippen molar-refractivity contribution < 1.29 is 0 Å². The molecule has 27 heavy (non-hydrogen) atoms. The highest BCUT2D eigenvalue weighted by Crippen LogP contribution is 2.55. The van der Waals surface area contributed by atoms with E-state index >= 15 is 0 Å². The van der Waals surface area contributed by atoms with Gasteiger partial charge in [-0.2, -0.15) is 15.3 Å². The number of aromatic nitrogens is 7. The molecule has 7 nitrogen and oxygen atoms in total. The van der Waals surface area contributed by atoms with Crippen molar-refractivity contribution >= 4 is 17.2 Å². The molecule has 0 spiro atoms. The number of hydrogen-bond donors (Lipinski definition) is 0. The Labute approximate surface area is 161 Å². The van der Waals surface area contributed by atoms with Crippen LogP contribution in [0, 0.1) is 6.92 Å². The largest absolute Gasteiger partial charge is 0.274 e. The first-order valence-corrected chi connectivity index (χ1v) is 9.51. The summed E-state index contributed by atoms with van der Waals surface area (Å²) in [5, 5.41) is 14.5. The summed E-state index contributed by atoms with van der Waals surface area (Å²) in [5.41, 5.74) is 6.02. The number of aryl methyl sites for hydroxylation is 3. The third-order valence-corrected chi connectivity index (χ3v) is 5.57. The van der Waals surface area contributed by atoms with E-state index < -0.39 is 0 Å². The molecule has 0 bridgehead atoms. The van der Waals surface area contributed by atoms with Crippen molar-refractivity contribution in [3.8, 4) is 11.4 Å². The minimum absolute atomic E-state index is 0.386. The highest BCUT2D eigenvalue weighted by Gasteiger charge is 2.43. The van der Waals surface area contributed by atoms with Crippen LogP contribution in [0.4, 0.5) is 0 Å². The number of hydrogen-bond acceptors (Lipinski definition) is 4. The van der Waals surface area contributed by atoms with Gasteiger partial charge in [0.2, 0.25) is 0 Å². The predicted octanol–water partition coefficient (Wildman–Crippen LogP) is 3.58. The van der Waals surface area contributed by atoms with Gasteiger partial charge in [0.05, 0.1) is 23.3 Å². The van der Waals surface area contributed by atoms with Crippen molar-refractivity contribution in [3.63, 3.8) is 0 Å². The molecule has 8 heteroatoms. The molecular weight excluding hydrogens is 362 g/mol. The maximum Gasteiger partial charge on any atom is 0.154 e. The fourth-order valence-electron chi connectivity index (χ4n) is 3.78. The van der Waals surface area contributed by atoms with Gasteiger partial charge >= 0.3 is 0 Å². The topological polar surface area (TPSA) is 65.8 Å². The Balaban J connectivity index is 1.50. The van der Waals surface area contributed by atoms with E-state index in [4.69, 9.17) is 21.8 Å². The fourth-order valence-corrected chi connectivity index (χ4v) is 4.09. The average Bonchev–Trinajstić information content (AvgIpc) is 3.00. The van der Waals surface area contributed by atoms with Gasteiger partial charge in [0.25, 0.3) is 0 Å². The molecule has 0 aromatic carbocycles. The standard InChI is InChI=1S/C19H20ClN7/c1-4-26-17(15-5-6-18-21-9-11(2)27(18)23-15)8-16(22-26)13-7-12(13)14-10-25(3)24-19(14)20/h5-6,8-10,12-13H,4,7H2,1-3H3. The summed E-state index contributed by atoms with van der Waals surface area (Å²) < 4.78 is 5.67. The summed E-state index contributed by atoms with van der Waals surface area (Å²) in [6, 6.07) is 6.17. The summed E-state index contributed by atoms with van der Waals surface area (Å²) in [5.74, 6) is 0.780. The minimum Gasteiger partial charge on any atom is -0.274 e. The molecule has 0 N–H and O–H groups in total. The minimum atomic E-state index is 0.386. The third-order valence-electron chi connectivity index (χ3n) is 5.27. The number of nitrogens with zero attached hydrogens (tertiary/aromatic N) is 7. The van der Waals surface area contributed by atoms with Gasteiger partial charge in [-0.25, -0.2) is 9.50 Å². The molecule has 2 atom stereocenters. The molecule has 0 amide bonds. The lowest BCUT2D eigenvalue weighted by Crippen LogP contribution is -2.03. The van der Waals surface area contributed by atoms with Crippen LogP contribution < -0.4 is 0 Å². The van der Waals surface area contributed by atoms with Crippen LogP contribution >= 0.6 is 11.6 Å². The average molecular weight is 382 g/mol. The first-order valence-electron chi connectivity index (χ1n) is 9.13. The van der Waals surface area contributed by atoms with Gasteiger partial charge in [-0.15, -0.1) is 0 Å². The molecule has 0 saturated heterocycles. The van der Waals surface area contributed by atoms with E-state index in [-0.39, 0.29) is 0 Å². The van der Waals surface area contributed by atoms with Gasteiger partial charge in [-0.3, -0.25) is 9.36 Å². The van der Waals surface area contributed by atoms with Crippen LogP contribution in [-0.4, -0.2) is 34.2 Å². The van der Waals surface area contributed by atoms with Crippen LogP contribution in [0.1, 0.15) is 42.1 Å². The Morgan fingerprint density at radius 3 is 2.78 bits per heavy atom. The van der Waals surface area contributed by atoms with E-state index in [1.165, 1.54) is 0 Å². The molecule has 4 aromatic rings. The second-order valence-electron chi connectivity index (χ2n) is 7.16. The number of imidazole rings is 1. The van der Waals surface area contributed by atoms with Gasteiger partial charge in [0, 0.05) is 31.3 Å². The zero-order chi connectivity index (χ0) is 18.7. The van der Waals surface area contributed by atoms with Crippen molar-refractivity contribution in [1.82, 2.24) is 34.2 Å². The zero-order valence-corrected chi connectivity index (χ0v) is 16.2. The lowest BCUT2D eigenvalue weighted by molar-refractivity contribution is 0.650. The highest BCUT2D eigenvalue weighted by atomic mass is 35.5. The molecule has 0 aliphatic heterocycles. The molecule has 1 aliphatic carbocycles. The van der Waals surface area contributed by atoms with E-state index in [2.05, 4.69) is 23.1 Å². The molecule has 1 fully saturated rings. The second-order valence-corrected chi connectivity index (χ2v) is 7.51. The molecule has 4 aromatic heterocycles. The van der Waals surface area contributed by atoms with E-state index in [0.29, 0.717) is 17.0 Å². The van der Waals surface area contributed by atoms with Crippen molar-refractivity contribution in [1.29, 1.82) is 0 Å². The van der Waals surface area contributed by atoms with Crippen molar-refractivity contribution in [3.05, 3.63) is 52.7 Å². The maximum atomic E-state index is 6.28. The Hall–Kier alpha value is -2.67. The molecule has 4 heterocycles. The van der Waals surface area contributed by atoms with Gasteiger partial charge < -0.3 is 0 Å². The molecular formula is C19H20ClN7.